The molecule has 1 aromatic carbocycles. The van der Waals surface area contributed by atoms with Crippen LogP contribution in [0.15, 0.2) is 30.5 Å². The van der Waals surface area contributed by atoms with Crippen LogP contribution in [-0.4, -0.2) is 52.8 Å². The molecule has 1 fully saturated rings. The molecule has 0 aliphatic carbocycles. The summed E-state index contributed by atoms with van der Waals surface area (Å²) in [7, 11) is 4.24. The third-order valence-electron chi connectivity index (χ3n) is 5.07. The van der Waals surface area contributed by atoms with E-state index in [0.717, 1.165) is 38.3 Å². The Morgan fingerprint density at radius 2 is 1.79 bits per heavy atom. The maximum absolute atomic E-state index is 4.83. The SMILES string of the molecule is C=C(Cc1nn(C)c2c(C(C)(C)C)cccc12)N1CCN(C)CC1. The Labute approximate surface area is 145 Å². The van der Waals surface area contributed by atoms with Gasteiger partial charge in [-0.05, 0) is 18.0 Å². The molecule has 0 atom stereocenters. The molecular formula is C20H30N4. The number of benzene rings is 1. The van der Waals surface area contributed by atoms with Crippen molar-refractivity contribution in [1.29, 1.82) is 0 Å². The predicted molar refractivity (Wildman–Crippen MR) is 101 cm³/mol. The molecule has 0 bridgehead atoms. The Kier molecular flexibility index (Phi) is 4.43. The molecule has 24 heavy (non-hydrogen) atoms. The first-order chi connectivity index (χ1) is 11.3. The number of rotatable bonds is 3. The first-order valence-corrected chi connectivity index (χ1v) is 8.83. The number of fused-ring (bicyclic) bond motifs is 1. The Balaban J connectivity index is 1.90. The number of para-hydroxylation sites is 1. The van der Waals surface area contributed by atoms with Gasteiger partial charge in [-0.25, -0.2) is 0 Å². The van der Waals surface area contributed by atoms with Crippen molar-refractivity contribution >= 4 is 10.9 Å². The Bertz CT molecular complexity index is 743. The molecule has 1 aromatic heterocycles. The van der Waals surface area contributed by atoms with Crippen LogP contribution in [0.25, 0.3) is 10.9 Å². The van der Waals surface area contributed by atoms with Gasteiger partial charge in [-0.1, -0.05) is 45.5 Å². The fourth-order valence-electron chi connectivity index (χ4n) is 3.57. The van der Waals surface area contributed by atoms with Gasteiger partial charge in [0.15, 0.2) is 0 Å². The number of likely N-dealkylation sites (N-methyl/N-ethyl adjacent to an activating group) is 1. The van der Waals surface area contributed by atoms with Crippen molar-refractivity contribution < 1.29 is 0 Å². The number of nitrogens with zero attached hydrogens (tertiary/aromatic N) is 4. The van der Waals surface area contributed by atoms with Crippen LogP contribution in [0, 0.1) is 0 Å². The van der Waals surface area contributed by atoms with Crippen LogP contribution in [0.4, 0.5) is 0 Å². The summed E-state index contributed by atoms with van der Waals surface area (Å²) in [6, 6.07) is 6.58. The number of aryl methyl sites for hydroxylation is 1. The highest BCUT2D eigenvalue weighted by atomic mass is 15.3. The largest absolute Gasteiger partial charge is 0.372 e. The molecule has 0 amide bonds. The lowest BCUT2D eigenvalue weighted by Gasteiger charge is -2.35. The molecule has 0 unspecified atom stereocenters. The van der Waals surface area contributed by atoms with E-state index < -0.39 is 0 Å². The number of hydrogen-bond acceptors (Lipinski definition) is 3. The van der Waals surface area contributed by atoms with Gasteiger partial charge in [0.1, 0.15) is 0 Å². The second-order valence-corrected chi connectivity index (χ2v) is 8.06. The molecule has 3 rings (SSSR count). The topological polar surface area (TPSA) is 24.3 Å². The van der Waals surface area contributed by atoms with Crippen LogP contribution in [0.2, 0.25) is 0 Å². The van der Waals surface area contributed by atoms with E-state index in [1.165, 1.54) is 22.2 Å². The molecular weight excluding hydrogens is 296 g/mol. The van der Waals surface area contributed by atoms with Crippen LogP contribution >= 0.6 is 0 Å². The van der Waals surface area contributed by atoms with Gasteiger partial charge in [-0.3, -0.25) is 4.68 Å². The summed E-state index contributed by atoms with van der Waals surface area (Å²) < 4.78 is 2.04. The molecule has 4 heteroatoms. The van der Waals surface area contributed by atoms with Crippen molar-refractivity contribution in [1.82, 2.24) is 19.6 Å². The van der Waals surface area contributed by atoms with Crippen LogP contribution in [0.5, 0.6) is 0 Å². The van der Waals surface area contributed by atoms with E-state index in [1.54, 1.807) is 0 Å². The third-order valence-corrected chi connectivity index (χ3v) is 5.07. The molecule has 0 radical (unpaired) electrons. The molecule has 0 N–H and O–H groups in total. The fraction of sp³-hybridized carbons (Fsp3) is 0.550. The van der Waals surface area contributed by atoms with Gasteiger partial charge < -0.3 is 9.80 Å². The molecule has 130 valence electrons. The van der Waals surface area contributed by atoms with Gasteiger partial charge in [0.05, 0.1) is 11.2 Å². The summed E-state index contributed by atoms with van der Waals surface area (Å²) in [6.07, 6.45) is 0.828. The van der Waals surface area contributed by atoms with Crippen molar-refractivity contribution in [3.05, 3.63) is 41.7 Å². The zero-order valence-electron chi connectivity index (χ0n) is 15.8. The Morgan fingerprint density at radius 1 is 1.12 bits per heavy atom. The number of allylic oxidation sites excluding steroid dienone is 1. The van der Waals surface area contributed by atoms with E-state index in [-0.39, 0.29) is 5.41 Å². The minimum atomic E-state index is 0.110. The van der Waals surface area contributed by atoms with E-state index in [9.17, 15) is 0 Å². The number of aromatic nitrogens is 2. The Hall–Kier alpha value is -1.81. The van der Waals surface area contributed by atoms with Crippen LogP contribution < -0.4 is 0 Å². The summed E-state index contributed by atoms with van der Waals surface area (Å²) in [5.74, 6) is 0. The molecule has 0 spiro atoms. The van der Waals surface area contributed by atoms with Crippen molar-refractivity contribution in [2.75, 3.05) is 33.2 Å². The standard InChI is InChI=1S/C20H30N4/c1-15(24-12-10-22(5)11-13-24)14-18-16-8-7-9-17(20(2,3)4)19(16)23(6)21-18/h7-9H,1,10-14H2,2-6H3. The molecule has 4 nitrogen and oxygen atoms in total. The van der Waals surface area contributed by atoms with Gasteiger partial charge in [-0.15, -0.1) is 0 Å². The zero-order valence-corrected chi connectivity index (χ0v) is 15.8. The predicted octanol–water partition coefficient (Wildman–Crippen LogP) is 3.17. The molecule has 1 saturated heterocycles. The van der Waals surface area contributed by atoms with Gasteiger partial charge in [-0.2, -0.15) is 5.10 Å². The highest BCUT2D eigenvalue weighted by Gasteiger charge is 2.22. The smallest absolute Gasteiger partial charge is 0.0761 e. The number of piperazine rings is 1. The lowest BCUT2D eigenvalue weighted by Crippen LogP contribution is -2.43. The van der Waals surface area contributed by atoms with E-state index in [1.807, 2.05) is 4.68 Å². The molecule has 1 aliphatic heterocycles. The summed E-state index contributed by atoms with van der Waals surface area (Å²) in [5, 5.41) is 6.10. The monoisotopic (exact) mass is 326 g/mol. The molecule has 2 aromatic rings. The maximum Gasteiger partial charge on any atom is 0.0761 e. The van der Waals surface area contributed by atoms with Crippen molar-refractivity contribution in [3.63, 3.8) is 0 Å². The van der Waals surface area contributed by atoms with Gasteiger partial charge in [0.25, 0.3) is 0 Å². The normalized spacial score (nSPS) is 16.8. The first kappa shape index (κ1) is 17.0. The van der Waals surface area contributed by atoms with E-state index in [4.69, 9.17) is 5.10 Å². The quantitative estimate of drug-likeness (QED) is 0.866. The minimum Gasteiger partial charge on any atom is -0.372 e. The lowest BCUT2D eigenvalue weighted by atomic mass is 9.85. The van der Waals surface area contributed by atoms with Crippen LogP contribution in [-0.2, 0) is 18.9 Å². The summed E-state index contributed by atoms with van der Waals surface area (Å²) in [5.41, 5.74) is 5.04. The highest BCUT2D eigenvalue weighted by molar-refractivity contribution is 5.86. The molecule has 2 heterocycles. The third kappa shape index (κ3) is 3.20. The zero-order chi connectivity index (χ0) is 17.5. The average Bonchev–Trinajstić information content (AvgIpc) is 2.83. The van der Waals surface area contributed by atoms with Crippen molar-refractivity contribution in [2.45, 2.75) is 32.6 Å². The van der Waals surface area contributed by atoms with E-state index in [0.29, 0.717) is 0 Å². The minimum absolute atomic E-state index is 0.110. The van der Waals surface area contributed by atoms with E-state index >= 15 is 0 Å². The maximum atomic E-state index is 4.83. The lowest BCUT2D eigenvalue weighted by molar-refractivity contribution is 0.184. The van der Waals surface area contributed by atoms with Gasteiger partial charge >= 0.3 is 0 Å². The highest BCUT2D eigenvalue weighted by Crippen LogP contribution is 2.31. The van der Waals surface area contributed by atoms with Crippen LogP contribution in [0.3, 0.4) is 0 Å². The van der Waals surface area contributed by atoms with Crippen LogP contribution in [0.1, 0.15) is 32.0 Å². The summed E-state index contributed by atoms with van der Waals surface area (Å²) in [6.45, 7) is 15.5. The Morgan fingerprint density at radius 3 is 2.42 bits per heavy atom. The molecule has 1 aliphatic rings. The number of hydrogen-bond donors (Lipinski definition) is 0. The second-order valence-electron chi connectivity index (χ2n) is 8.06. The van der Waals surface area contributed by atoms with Crippen molar-refractivity contribution in [3.8, 4) is 0 Å². The summed E-state index contributed by atoms with van der Waals surface area (Å²) in [4.78, 5) is 4.78. The van der Waals surface area contributed by atoms with E-state index in [2.05, 4.69) is 69.4 Å². The van der Waals surface area contributed by atoms with Gasteiger partial charge in [0.2, 0.25) is 0 Å². The summed E-state index contributed by atoms with van der Waals surface area (Å²) >= 11 is 0. The second kappa shape index (κ2) is 6.25. The van der Waals surface area contributed by atoms with Crippen molar-refractivity contribution in [2.24, 2.45) is 7.05 Å². The van der Waals surface area contributed by atoms with Gasteiger partial charge in [0, 0.05) is 50.7 Å². The first-order valence-electron chi connectivity index (χ1n) is 8.83. The average molecular weight is 326 g/mol. The molecule has 0 saturated carbocycles. The fourth-order valence-corrected chi connectivity index (χ4v) is 3.57.